The molecule has 0 bridgehead atoms. The number of hydrogen-bond acceptors (Lipinski definition) is 12. The van der Waals surface area contributed by atoms with Crippen LogP contribution in [0.5, 0.6) is 0 Å². The van der Waals surface area contributed by atoms with Gasteiger partial charge in [0.15, 0.2) is 0 Å². The van der Waals surface area contributed by atoms with E-state index >= 15 is 0 Å². The Balaban J connectivity index is 2.40. The Morgan fingerprint density at radius 1 is 0.757 bits per heavy atom. The summed E-state index contributed by atoms with van der Waals surface area (Å²) in [5.74, 6) is -7.91. The van der Waals surface area contributed by atoms with Gasteiger partial charge >= 0.3 is 29.8 Å². The lowest BCUT2D eigenvalue weighted by molar-refractivity contribution is -0.215. The van der Waals surface area contributed by atoms with Crippen molar-refractivity contribution in [3.63, 3.8) is 0 Å². The molecule has 0 saturated carbocycles. The first-order chi connectivity index (χ1) is 17.2. The number of esters is 4. The highest BCUT2D eigenvalue weighted by atomic mass is 16.7. The van der Waals surface area contributed by atoms with Gasteiger partial charge in [0.25, 0.3) is 11.8 Å². The third-order valence-electron chi connectivity index (χ3n) is 4.47. The molecule has 0 N–H and O–H groups in total. The van der Waals surface area contributed by atoms with Crippen molar-refractivity contribution in [2.75, 3.05) is 0 Å². The van der Waals surface area contributed by atoms with Gasteiger partial charge in [-0.1, -0.05) is 30.3 Å². The van der Waals surface area contributed by atoms with Crippen molar-refractivity contribution in [1.29, 1.82) is 0 Å². The minimum absolute atomic E-state index is 0.155. The molecule has 1 fully saturated rings. The molecule has 37 heavy (non-hydrogen) atoms. The van der Waals surface area contributed by atoms with Gasteiger partial charge in [0, 0.05) is 32.3 Å². The maximum atomic E-state index is 13.2. The second kappa shape index (κ2) is 12.1. The van der Waals surface area contributed by atoms with Crippen LogP contribution < -0.4 is 0 Å². The van der Waals surface area contributed by atoms with Crippen LogP contribution in [0.1, 0.15) is 59.1 Å². The van der Waals surface area contributed by atoms with Crippen molar-refractivity contribution >= 4 is 41.7 Å². The molecule has 2 amide bonds. The fraction of sp³-hybridized carbons (Fsp3) is 0.458. The lowest BCUT2D eigenvalue weighted by atomic mass is 10.1. The molecular weight excluding hydrogens is 494 g/mol. The van der Waals surface area contributed by atoms with E-state index in [4.69, 9.17) is 23.8 Å². The highest BCUT2D eigenvalue weighted by molar-refractivity contribution is 6.02. The molecule has 1 saturated heterocycles. The largest absolute Gasteiger partial charge is 0.457 e. The lowest BCUT2D eigenvalue weighted by Crippen LogP contribution is -2.49. The summed E-state index contributed by atoms with van der Waals surface area (Å²) in [7, 11) is 0. The zero-order valence-corrected chi connectivity index (χ0v) is 20.9. The van der Waals surface area contributed by atoms with Gasteiger partial charge in [-0.2, -0.15) is 0 Å². The molecule has 1 aliphatic heterocycles. The highest BCUT2D eigenvalue weighted by Crippen LogP contribution is 2.25. The van der Waals surface area contributed by atoms with Crippen molar-refractivity contribution in [1.82, 2.24) is 5.06 Å². The number of benzene rings is 1. The first kappa shape index (κ1) is 28.9. The molecule has 1 aliphatic rings. The van der Waals surface area contributed by atoms with E-state index in [0.717, 1.165) is 13.8 Å². The van der Waals surface area contributed by atoms with Crippen LogP contribution in [-0.4, -0.2) is 64.5 Å². The summed E-state index contributed by atoms with van der Waals surface area (Å²) in [5.41, 5.74) is -0.781. The van der Waals surface area contributed by atoms with Crippen LogP contribution in [0.3, 0.4) is 0 Å². The summed E-state index contributed by atoms with van der Waals surface area (Å²) in [6, 6.07) is 7.70. The second-order valence-electron chi connectivity index (χ2n) is 8.81. The molecule has 3 atom stereocenters. The van der Waals surface area contributed by atoms with Crippen LogP contribution in [0.2, 0.25) is 0 Å². The molecule has 13 nitrogen and oxygen atoms in total. The predicted octanol–water partition coefficient (Wildman–Crippen LogP) is 1.08. The first-order valence-electron chi connectivity index (χ1n) is 11.1. The Bertz CT molecular complexity index is 1060. The Kier molecular flexibility index (Phi) is 9.47. The number of amides is 2. The number of nitrogens with zero attached hydrogens (tertiary/aromatic N) is 1. The van der Waals surface area contributed by atoms with E-state index in [0.29, 0.717) is 0 Å². The maximum Gasteiger partial charge on any atom is 0.377 e. The minimum Gasteiger partial charge on any atom is -0.457 e. The van der Waals surface area contributed by atoms with Crippen LogP contribution in [0.25, 0.3) is 0 Å². The molecule has 13 heteroatoms. The third-order valence-corrected chi connectivity index (χ3v) is 4.47. The summed E-state index contributed by atoms with van der Waals surface area (Å²) >= 11 is 0. The average Bonchev–Trinajstić information content (AvgIpc) is 3.10. The van der Waals surface area contributed by atoms with Gasteiger partial charge < -0.3 is 23.8 Å². The average molecular weight is 521 g/mol. The summed E-state index contributed by atoms with van der Waals surface area (Å²) < 4.78 is 20.4. The van der Waals surface area contributed by atoms with E-state index in [9.17, 15) is 33.6 Å². The third kappa shape index (κ3) is 8.40. The van der Waals surface area contributed by atoms with E-state index in [-0.39, 0.29) is 23.5 Å². The van der Waals surface area contributed by atoms with Gasteiger partial charge in [-0.15, -0.1) is 5.06 Å². The van der Waals surface area contributed by atoms with Gasteiger partial charge in [0.2, 0.25) is 18.3 Å². The molecule has 0 spiro atoms. The Morgan fingerprint density at radius 2 is 1.24 bits per heavy atom. The number of rotatable bonds is 9. The minimum atomic E-state index is -2.29. The van der Waals surface area contributed by atoms with E-state index in [1.165, 1.54) is 12.1 Å². The summed E-state index contributed by atoms with van der Waals surface area (Å²) in [6.07, 6.45) is -6.68. The monoisotopic (exact) mass is 521 g/mol. The lowest BCUT2D eigenvalue weighted by Gasteiger charge is -2.27. The van der Waals surface area contributed by atoms with Crippen LogP contribution in [0.15, 0.2) is 30.3 Å². The van der Waals surface area contributed by atoms with Crippen molar-refractivity contribution in [2.45, 2.75) is 71.4 Å². The van der Waals surface area contributed by atoms with Gasteiger partial charge in [0.1, 0.15) is 5.60 Å². The number of hydrogen-bond donors (Lipinski definition) is 0. The molecule has 0 radical (unpaired) electrons. The Morgan fingerprint density at radius 3 is 1.70 bits per heavy atom. The Labute approximate surface area is 211 Å². The van der Waals surface area contributed by atoms with Crippen molar-refractivity contribution in [2.24, 2.45) is 0 Å². The summed E-state index contributed by atoms with van der Waals surface area (Å²) in [5, 5.41) is 0.155. The number of hydroxylamine groups is 2. The van der Waals surface area contributed by atoms with Crippen LogP contribution in [0, 0.1) is 0 Å². The Hall–Kier alpha value is -4.29. The summed E-state index contributed by atoms with van der Waals surface area (Å²) in [4.78, 5) is 90.7. The van der Waals surface area contributed by atoms with E-state index in [2.05, 4.69) is 0 Å². The van der Waals surface area contributed by atoms with Crippen LogP contribution in [-0.2, 0) is 57.3 Å². The number of imide groups is 1. The van der Waals surface area contributed by atoms with Crippen molar-refractivity contribution < 1.29 is 57.3 Å². The maximum absolute atomic E-state index is 13.2. The summed E-state index contributed by atoms with van der Waals surface area (Å²) in [6.45, 7) is 6.54. The molecule has 1 heterocycles. The zero-order valence-electron chi connectivity index (χ0n) is 20.9. The van der Waals surface area contributed by atoms with Crippen LogP contribution in [0.4, 0.5) is 0 Å². The molecule has 0 aromatic heterocycles. The smallest absolute Gasteiger partial charge is 0.377 e. The van der Waals surface area contributed by atoms with E-state index in [1.54, 1.807) is 39.0 Å². The van der Waals surface area contributed by atoms with Crippen molar-refractivity contribution in [3.8, 4) is 0 Å². The van der Waals surface area contributed by atoms with Crippen LogP contribution >= 0.6 is 0 Å². The normalized spacial score (nSPS) is 15.8. The van der Waals surface area contributed by atoms with Gasteiger partial charge in [-0.25, -0.2) is 14.4 Å². The fourth-order valence-corrected chi connectivity index (χ4v) is 3.04. The quantitative estimate of drug-likeness (QED) is 0.258. The van der Waals surface area contributed by atoms with E-state index < -0.39 is 65.6 Å². The molecule has 0 unspecified atom stereocenters. The first-order valence-corrected chi connectivity index (χ1v) is 11.1. The standard InChI is InChI=1S/C24H27NO12/c1-13(26)33-19(20(34-14(2)27)23(32)37-25-16(28)11-12-17(25)29)21(30)35-18(15-9-7-6-8-10-15)22(31)36-24(3,4)5/h6-10,18-20H,11-12H2,1-5H3/t18-,19-,20-/m1/s1. The number of carbonyl (C=O) groups excluding carboxylic acids is 7. The molecule has 200 valence electrons. The zero-order chi connectivity index (χ0) is 27.9. The number of ether oxygens (including phenoxy) is 4. The molecule has 2 rings (SSSR count). The topological polar surface area (TPSA) is 169 Å². The SMILES string of the molecule is CC(=O)O[C@@H](C(=O)O[C@@H](C(=O)OC(C)(C)C)c1ccccc1)[C@@H](OC(C)=O)C(=O)ON1C(=O)CCC1=O. The molecule has 1 aromatic carbocycles. The van der Waals surface area contributed by atoms with Gasteiger partial charge in [-0.05, 0) is 20.8 Å². The number of carbonyl (C=O) groups is 7. The van der Waals surface area contributed by atoms with Gasteiger partial charge in [0.05, 0.1) is 0 Å². The van der Waals surface area contributed by atoms with Gasteiger partial charge in [-0.3, -0.25) is 19.2 Å². The van der Waals surface area contributed by atoms with Crippen molar-refractivity contribution in [3.05, 3.63) is 35.9 Å². The molecule has 0 aliphatic carbocycles. The molecule has 1 aromatic rings. The van der Waals surface area contributed by atoms with E-state index in [1.807, 2.05) is 0 Å². The predicted molar refractivity (Wildman–Crippen MR) is 119 cm³/mol. The second-order valence-corrected chi connectivity index (χ2v) is 8.81. The molecular formula is C24H27NO12. The fourth-order valence-electron chi connectivity index (χ4n) is 3.04. The highest BCUT2D eigenvalue weighted by Gasteiger charge is 2.46.